The standard InChI is InChI=1S/C14H18ClNO4/c15-11-2-4-12(5-3-11)20-10-13(17)16-7-6-14-18-8-1-9-19-14/h2-5,14H,1,6-10H2,(H,16,17). The molecule has 0 atom stereocenters. The fourth-order valence-electron chi connectivity index (χ4n) is 1.76. The molecule has 1 saturated heterocycles. The van der Waals surface area contributed by atoms with Crippen molar-refractivity contribution < 1.29 is 19.0 Å². The molecule has 5 nitrogen and oxygen atoms in total. The van der Waals surface area contributed by atoms with E-state index in [9.17, 15) is 4.79 Å². The molecule has 110 valence electrons. The van der Waals surface area contributed by atoms with Gasteiger partial charge in [-0.1, -0.05) is 11.6 Å². The van der Waals surface area contributed by atoms with Crippen molar-refractivity contribution in [2.45, 2.75) is 19.1 Å². The summed E-state index contributed by atoms with van der Waals surface area (Å²) >= 11 is 5.76. The summed E-state index contributed by atoms with van der Waals surface area (Å²) in [5.41, 5.74) is 0. The molecule has 1 N–H and O–H groups in total. The Bertz CT molecular complexity index is 418. The molecule has 1 aromatic carbocycles. The van der Waals surface area contributed by atoms with Crippen LogP contribution >= 0.6 is 11.6 Å². The second kappa shape index (κ2) is 8.09. The van der Waals surface area contributed by atoms with E-state index < -0.39 is 0 Å². The van der Waals surface area contributed by atoms with Crippen LogP contribution in [-0.2, 0) is 14.3 Å². The number of nitrogens with one attached hydrogen (secondary N) is 1. The van der Waals surface area contributed by atoms with Gasteiger partial charge in [0.25, 0.3) is 5.91 Å². The van der Waals surface area contributed by atoms with E-state index in [0.29, 0.717) is 23.7 Å². The van der Waals surface area contributed by atoms with Gasteiger partial charge in [0.1, 0.15) is 5.75 Å². The number of hydrogen-bond donors (Lipinski definition) is 1. The molecule has 0 unspecified atom stereocenters. The van der Waals surface area contributed by atoms with Crippen LogP contribution in [0, 0.1) is 0 Å². The summed E-state index contributed by atoms with van der Waals surface area (Å²) in [7, 11) is 0. The lowest BCUT2D eigenvalue weighted by Gasteiger charge is -2.23. The van der Waals surface area contributed by atoms with Crippen molar-refractivity contribution in [3.63, 3.8) is 0 Å². The normalized spacial score (nSPS) is 15.8. The summed E-state index contributed by atoms with van der Waals surface area (Å²) in [6.45, 7) is 1.93. The Labute approximate surface area is 123 Å². The molecule has 0 aromatic heterocycles. The van der Waals surface area contributed by atoms with Crippen LogP contribution < -0.4 is 10.1 Å². The molecule has 1 aromatic rings. The maximum absolute atomic E-state index is 11.6. The number of benzene rings is 1. The Balaban J connectivity index is 1.59. The van der Waals surface area contributed by atoms with Crippen molar-refractivity contribution in [3.05, 3.63) is 29.3 Å². The minimum absolute atomic E-state index is 0.0198. The van der Waals surface area contributed by atoms with Gasteiger partial charge in [0, 0.05) is 18.0 Å². The number of halogens is 1. The summed E-state index contributed by atoms with van der Waals surface area (Å²) in [5, 5.41) is 3.40. The van der Waals surface area contributed by atoms with Crippen LogP contribution in [0.2, 0.25) is 5.02 Å². The van der Waals surface area contributed by atoms with E-state index in [1.165, 1.54) is 0 Å². The SMILES string of the molecule is O=C(COc1ccc(Cl)cc1)NCCC1OCCCO1. The zero-order valence-corrected chi connectivity index (χ0v) is 11.9. The van der Waals surface area contributed by atoms with Gasteiger partial charge in [-0.2, -0.15) is 0 Å². The summed E-state index contributed by atoms with van der Waals surface area (Å²) < 4.78 is 16.1. The predicted octanol–water partition coefficient (Wildman–Crippen LogP) is 1.99. The third-order valence-corrected chi connectivity index (χ3v) is 3.03. The molecule has 0 saturated carbocycles. The fraction of sp³-hybridized carbons (Fsp3) is 0.500. The zero-order valence-electron chi connectivity index (χ0n) is 11.1. The number of carbonyl (C=O) groups excluding carboxylic acids is 1. The van der Waals surface area contributed by atoms with Gasteiger partial charge in [-0.25, -0.2) is 0 Å². The van der Waals surface area contributed by atoms with E-state index in [-0.39, 0.29) is 18.8 Å². The highest BCUT2D eigenvalue weighted by atomic mass is 35.5. The zero-order chi connectivity index (χ0) is 14.2. The minimum Gasteiger partial charge on any atom is -0.484 e. The molecule has 0 aliphatic carbocycles. The number of amides is 1. The van der Waals surface area contributed by atoms with Gasteiger partial charge in [-0.05, 0) is 30.7 Å². The Morgan fingerprint density at radius 3 is 2.70 bits per heavy atom. The molecule has 1 heterocycles. The second-order valence-corrected chi connectivity index (χ2v) is 4.84. The van der Waals surface area contributed by atoms with Gasteiger partial charge >= 0.3 is 0 Å². The quantitative estimate of drug-likeness (QED) is 0.873. The number of rotatable bonds is 6. The molecule has 1 aliphatic rings. The molecule has 0 spiro atoms. The van der Waals surface area contributed by atoms with E-state index in [1.54, 1.807) is 24.3 Å². The van der Waals surface area contributed by atoms with Crippen molar-refractivity contribution in [2.24, 2.45) is 0 Å². The monoisotopic (exact) mass is 299 g/mol. The average molecular weight is 300 g/mol. The lowest BCUT2D eigenvalue weighted by molar-refractivity contribution is -0.180. The highest BCUT2D eigenvalue weighted by Gasteiger charge is 2.14. The van der Waals surface area contributed by atoms with E-state index >= 15 is 0 Å². The van der Waals surface area contributed by atoms with Crippen molar-refractivity contribution in [1.82, 2.24) is 5.32 Å². The number of carbonyl (C=O) groups is 1. The van der Waals surface area contributed by atoms with Crippen LogP contribution in [0.5, 0.6) is 5.75 Å². The molecule has 0 bridgehead atoms. The molecule has 1 fully saturated rings. The first kappa shape index (κ1) is 15.1. The Morgan fingerprint density at radius 1 is 1.30 bits per heavy atom. The first-order valence-corrected chi connectivity index (χ1v) is 7.00. The highest BCUT2D eigenvalue weighted by Crippen LogP contribution is 2.15. The van der Waals surface area contributed by atoms with Crippen molar-refractivity contribution >= 4 is 17.5 Å². The molecule has 1 amide bonds. The van der Waals surface area contributed by atoms with Crippen LogP contribution in [0.4, 0.5) is 0 Å². The van der Waals surface area contributed by atoms with E-state index in [4.69, 9.17) is 25.8 Å². The maximum atomic E-state index is 11.6. The minimum atomic E-state index is -0.207. The first-order chi connectivity index (χ1) is 9.74. The summed E-state index contributed by atoms with van der Waals surface area (Å²) in [5.74, 6) is 0.444. The van der Waals surface area contributed by atoms with Crippen molar-refractivity contribution in [2.75, 3.05) is 26.4 Å². The number of ether oxygens (including phenoxy) is 3. The van der Waals surface area contributed by atoms with Gasteiger partial charge in [0.05, 0.1) is 13.2 Å². The predicted molar refractivity (Wildman–Crippen MR) is 74.9 cm³/mol. The summed E-state index contributed by atoms with van der Waals surface area (Å²) in [6.07, 6.45) is 1.37. The largest absolute Gasteiger partial charge is 0.484 e. The second-order valence-electron chi connectivity index (χ2n) is 4.41. The van der Waals surface area contributed by atoms with Gasteiger partial charge in [-0.3, -0.25) is 4.79 Å². The van der Waals surface area contributed by atoms with Gasteiger partial charge in [0.2, 0.25) is 0 Å². The van der Waals surface area contributed by atoms with Gasteiger partial charge in [-0.15, -0.1) is 0 Å². The smallest absolute Gasteiger partial charge is 0.257 e. The van der Waals surface area contributed by atoms with Crippen LogP contribution in [0.3, 0.4) is 0 Å². The van der Waals surface area contributed by atoms with E-state index in [0.717, 1.165) is 19.6 Å². The summed E-state index contributed by atoms with van der Waals surface area (Å²) in [6, 6.07) is 6.87. The third-order valence-electron chi connectivity index (χ3n) is 2.78. The third kappa shape index (κ3) is 5.36. The Morgan fingerprint density at radius 2 is 2.00 bits per heavy atom. The highest BCUT2D eigenvalue weighted by molar-refractivity contribution is 6.30. The fourth-order valence-corrected chi connectivity index (χ4v) is 1.89. The molecule has 20 heavy (non-hydrogen) atoms. The Hall–Kier alpha value is -1.30. The average Bonchev–Trinajstić information content (AvgIpc) is 2.48. The first-order valence-electron chi connectivity index (χ1n) is 6.62. The molecule has 6 heteroatoms. The lowest BCUT2D eigenvalue weighted by atomic mass is 10.3. The van der Waals surface area contributed by atoms with Crippen LogP contribution in [0.25, 0.3) is 0 Å². The maximum Gasteiger partial charge on any atom is 0.257 e. The molecular weight excluding hydrogens is 282 g/mol. The lowest BCUT2D eigenvalue weighted by Crippen LogP contribution is -2.34. The van der Waals surface area contributed by atoms with E-state index in [2.05, 4.69) is 5.32 Å². The van der Waals surface area contributed by atoms with Crippen molar-refractivity contribution in [1.29, 1.82) is 0 Å². The van der Waals surface area contributed by atoms with E-state index in [1.807, 2.05) is 0 Å². The number of hydrogen-bond acceptors (Lipinski definition) is 4. The molecule has 1 aliphatic heterocycles. The van der Waals surface area contributed by atoms with Gasteiger partial charge in [0.15, 0.2) is 12.9 Å². The molecule has 2 rings (SSSR count). The summed E-state index contributed by atoms with van der Waals surface area (Å²) in [4.78, 5) is 11.6. The van der Waals surface area contributed by atoms with Crippen LogP contribution in [-0.4, -0.2) is 38.6 Å². The van der Waals surface area contributed by atoms with Crippen molar-refractivity contribution in [3.8, 4) is 5.75 Å². The van der Waals surface area contributed by atoms with Crippen LogP contribution in [0.1, 0.15) is 12.8 Å². The molecular formula is C14H18ClNO4. The Kier molecular flexibility index (Phi) is 6.11. The topological polar surface area (TPSA) is 56.8 Å². The molecule has 0 radical (unpaired) electrons. The van der Waals surface area contributed by atoms with Crippen LogP contribution in [0.15, 0.2) is 24.3 Å². The van der Waals surface area contributed by atoms with Gasteiger partial charge < -0.3 is 19.5 Å².